The van der Waals surface area contributed by atoms with Gasteiger partial charge >= 0.3 is 6.16 Å². The predicted octanol–water partition coefficient (Wildman–Crippen LogP) is 4.33. The summed E-state index contributed by atoms with van der Waals surface area (Å²) in [5, 5.41) is 0. The molecule has 1 heterocycles. The highest BCUT2D eigenvalue weighted by Gasteiger charge is 2.30. The highest BCUT2D eigenvalue weighted by Crippen LogP contribution is 2.36. The molecule has 1 unspecified atom stereocenters. The summed E-state index contributed by atoms with van der Waals surface area (Å²) in [5.74, 6) is 1.20. The molecule has 0 radical (unpaired) electrons. The van der Waals surface area contributed by atoms with Crippen LogP contribution in [-0.2, 0) is 22.4 Å². The lowest BCUT2D eigenvalue weighted by molar-refractivity contribution is -0.119. The van der Waals surface area contributed by atoms with E-state index in [1.807, 2.05) is 45.9 Å². The summed E-state index contributed by atoms with van der Waals surface area (Å²) in [6.45, 7) is 8.68. The van der Waals surface area contributed by atoms with E-state index in [4.69, 9.17) is 19.9 Å². The number of methoxy groups -OCH3 is 1. The molecular weight excluding hydrogens is 420 g/mol. The van der Waals surface area contributed by atoms with Gasteiger partial charge in [0.05, 0.1) is 25.4 Å². The first-order valence-electron chi connectivity index (χ1n) is 11.4. The smallest absolute Gasteiger partial charge is 0.495 e. The molecule has 1 aliphatic rings. The summed E-state index contributed by atoms with van der Waals surface area (Å²) in [5.41, 5.74) is 11.1. The number of amides is 1. The Balaban J connectivity index is 1.74. The third-order valence-corrected chi connectivity index (χ3v) is 5.81. The van der Waals surface area contributed by atoms with Crippen molar-refractivity contribution in [1.29, 1.82) is 0 Å². The number of ether oxygens (including phenoxy) is 3. The molecule has 0 saturated heterocycles. The second kappa shape index (κ2) is 10.7. The van der Waals surface area contributed by atoms with Gasteiger partial charge in [0.2, 0.25) is 5.91 Å². The molecule has 1 aliphatic heterocycles. The third kappa shape index (κ3) is 5.85. The first-order valence-corrected chi connectivity index (χ1v) is 11.4. The van der Waals surface area contributed by atoms with Crippen LogP contribution in [0.15, 0.2) is 30.3 Å². The number of hydrogen-bond acceptors (Lipinski definition) is 6. The number of hydrogen-bond donors (Lipinski definition) is 1. The number of anilines is 1. The lowest BCUT2D eigenvalue weighted by Crippen LogP contribution is -2.47. The van der Waals surface area contributed by atoms with E-state index in [1.165, 1.54) is 0 Å². The molecule has 178 valence electrons. The van der Waals surface area contributed by atoms with Crippen LogP contribution >= 0.6 is 0 Å². The Morgan fingerprint density at radius 3 is 2.48 bits per heavy atom. The number of aryl methyl sites for hydroxylation is 3. The van der Waals surface area contributed by atoms with E-state index in [0.717, 1.165) is 40.8 Å². The maximum absolute atomic E-state index is 13.4. The van der Waals surface area contributed by atoms with Crippen molar-refractivity contribution in [2.75, 3.05) is 25.2 Å². The fraction of sp³-hybridized carbons (Fsp3) is 0.462. The van der Waals surface area contributed by atoms with E-state index in [1.54, 1.807) is 24.1 Å². The fourth-order valence-electron chi connectivity index (χ4n) is 4.20. The van der Waals surface area contributed by atoms with E-state index < -0.39 is 12.2 Å². The van der Waals surface area contributed by atoms with Gasteiger partial charge in [0.15, 0.2) is 0 Å². The van der Waals surface area contributed by atoms with Gasteiger partial charge in [-0.25, -0.2) is 4.79 Å². The van der Waals surface area contributed by atoms with Gasteiger partial charge in [-0.15, -0.1) is 0 Å². The summed E-state index contributed by atoms with van der Waals surface area (Å²) >= 11 is 0. The maximum Gasteiger partial charge on any atom is 0.513 e. The van der Waals surface area contributed by atoms with E-state index in [0.29, 0.717) is 31.1 Å². The van der Waals surface area contributed by atoms with Crippen LogP contribution < -0.4 is 20.1 Å². The molecule has 2 aromatic rings. The number of rotatable bonds is 7. The molecule has 7 nitrogen and oxygen atoms in total. The molecule has 0 fully saturated rings. The first-order chi connectivity index (χ1) is 15.7. The summed E-state index contributed by atoms with van der Waals surface area (Å²) in [6.07, 6.45) is 1.45. The zero-order valence-corrected chi connectivity index (χ0v) is 20.1. The summed E-state index contributed by atoms with van der Waals surface area (Å²) < 4.78 is 15.9. The lowest BCUT2D eigenvalue weighted by Gasteiger charge is -2.32. The minimum atomic E-state index is -0.722. The number of fused-ring (bicyclic) bond motifs is 1. The Morgan fingerprint density at radius 1 is 1.15 bits per heavy atom. The van der Waals surface area contributed by atoms with Gasteiger partial charge in [-0.05, 0) is 79.5 Å². The van der Waals surface area contributed by atoms with Crippen LogP contribution in [0.2, 0.25) is 0 Å². The Hall–Kier alpha value is -3.06. The van der Waals surface area contributed by atoms with Gasteiger partial charge in [-0.2, -0.15) is 0 Å². The van der Waals surface area contributed by atoms with Gasteiger partial charge < -0.3 is 24.8 Å². The minimum Gasteiger partial charge on any atom is -0.495 e. The molecule has 0 bridgehead atoms. The third-order valence-electron chi connectivity index (χ3n) is 5.81. The van der Waals surface area contributed by atoms with Gasteiger partial charge in [-0.3, -0.25) is 4.79 Å². The molecule has 1 atom stereocenters. The number of carbonyl (C=O) groups is 2. The second-order valence-corrected chi connectivity index (χ2v) is 8.96. The fourth-order valence-corrected chi connectivity index (χ4v) is 4.20. The molecule has 2 N–H and O–H groups in total. The van der Waals surface area contributed by atoms with Crippen molar-refractivity contribution < 1.29 is 23.8 Å². The molecule has 2 aromatic carbocycles. The Labute approximate surface area is 195 Å². The maximum atomic E-state index is 13.4. The van der Waals surface area contributed by atoms with E-state index in [2.05, 4.69) is 0 Å². The van der Waals surface area contributed by atoms with E-state index in [9.17, 15) is 9.59 Å². The summed E-state index contributed by atoms with van der Waals surface area (Å²) in [7, 11) is 1.61. The van der Waals surface area contributed by atoms with Crippen LogP contribution in [-0.4, -0.2) is 38.4 Å². The van der Waals surface area contributed by atoms with Crippen molar-refractivity contribution in [3.8, 4) is 11.5 Å². The number of para-hydroxylation sites is 1. The van der Waals surface area contributed by atoms with Gasteiger partial charge in [0.25, 0.3) is 0 Å². The van der Waals surface area contributed by atoms with E-state index >= 15 is 0 Å². The molecule has 7 heteroatoms. The van der Waals surface area contributed by atoms with Crippen molar-refractivity contribution in [3.05, 3.63) is 52.6 Å². The van der Waals surface area contributed by atoms with Crippen molar-refractivity contribution >= 4 is 17.7 Å². The molecule has 0 saturated carbocycles. The van der Waals surface area contributed by atoms with Crippen molar-refractivity contribution in [2.45, 2.75) is 53.0 Å². The standard InChI is InChI=1S/C26H34N2O5/c1-16(2)15-32-26(30)33-20-12-17(3)21(18(4)13-20)14-22(27)25(29)28-11-7-9-19-8-6-10-23(31-5)24(19)28/h6,8,10,12-13,16,22H,7,9,11,14-15,27H2,1-5H3. The average Bonchev–Trinajstić information content (AvgIpc) is 2.78. The molecular formula is C26H34N2O5. The lowest BCUT2D eigenvalue weighted by atomic mass is 9.94. The van der Waals surface area contributed by atoms with Crippen LogP contribution in [0.25, 0.3) is 0 Å². The second-order valence-electron chi connectivity index (χ2n) is 8.96. The molecule has 0 aliphatic carbocycles. The van der Waals surface area contributed by atoms with Crippen LogP contribution in [0.5, 0.6) is 11.5 Å². The van der Waals surface area contributed by atoms with Crippen molar-refractivity contribution in [3.63, 3.8) is 0 Å². The van der Waals surface area contributed by atoms with Crippen LogP contribution in [0.4, 0.5) is 10.5 Å². The number of benzene rings is 2. The van der Waals surface area contributed by atoms with Crippen LogP contribution in [0.1, 0.15) is 42.5 Å². The minimum absolute atomic E-state index is 0.128. The normalized spacial score (nSPS) is 14.0. The Morgan fingerprint density at radius 2 is 1.85 bits per heavy atom. The first kappa shape index (κ1) is 24.6. The summed E-state index contributed by atoms with van der Waals surface area (Å²) in [6, 6.07) is 8.68. The molecule has 0 spiro atoms. The zero-order chi connectivity index (χ0) is 24.1. The highest BCUT2D eigenvalue weighted by molar-refractivity contribution is 5.99. The quantitative estimate of drug-likeness (QED) is 0.495. The number of carbonyl (C=O) groups excluding carboxylic acids is 2. The zero-order valence-electron chi connectivity index (χ0n) is 20.1. The van der Waals surface area contributed by atoms with Gasteiger partial charge in [0, 0.05) is 6.54 Å². The van der Waals surface area contributed by atoms with Gasteiger partial charge in [-0.1, -0.05) is 26.0 Å². The molecule has 33 heavy (non-hydrogen) atoms. The van der Waals surface area contributed by atoms with Crippen molar-refractivity contribution in [2.24, 2.45) is 11.7 Å². The highest BCUT2D eigenvalue weighted by atomic mass is 16.7. The number of nitrogens with zero attached hydrogens (tertiary/aromatic N) is 1. The average molecular weight is 455 g/mol. The molecule has 1 amide bonds. The van der Waals surface area contributed by atoms with Crippen LogP contribution in [0, 0.1) is 19.8 Å². The molecule has 3 rings (SSSR count). The SMILES string of the molecule is COc1cccc2c1N(C(=O)C(N)Cc1c(C)cc(OC(=O)OCC(C)C)cc1C)CCC2. The van der Waals surface area contributed by atoms with E-state index in [-0.39, 0.29) is 11.8 Å². The predicted molar refractivity (Wildman–Crippen MR) is 128 cm³/mol. The molecule has 0 aromatic heterocycles. The van der Waals surface area contributed by atoms with Crippen LogP contribution in [0.3, 0.4) is 0 Å². The van der Waals surface area contributed by atoms with Gasteiger partial charge in [0.1, 0.15) is 11.5 Å². The Kier molecular flexibility index (Phi) is 7.97. The Bertz CT molecular complexity index is 980. The number of nitrogens with two attached hydrogens (primary N) is 1. The summed E-state index contributed by atoms with van der Waals surface area (Å²) in [4.78, 5) is 27.0. The topological polar surface area (TPSA) is 91.1 Å². The van der Waals surface area contributed by atoms with Crippen molar-refractivity contribution in [1.82, 2.24) is 0 Å². The monoisotopic (exact) mass is 454 g/mol. The largest absolute Gasteiger partial charge is 0.513 e.